The number of unbranched alkanes of at least 4 members (excludes halogenated alkanes) is 1. The average molecular weight is 463 g/mol. The van der Waals surface area contributed by atoms with Crippen LogP contribution >= 0.6 is 15.9 Å². The van der Waals surface area contributed by atoms with E-state index < -0.39 is 0 Å². The summed E-state index contributed by atoms with van der Waals surface area (Å²) in [5, 5.41) is 5.68. The minimum Gasteiger partial charge on any atom is -0.493 e. The highest BCUT2D eigenvalue weighted by Gasteiger charge is 2.17. The number of amides is 2. The standard InChI is InChI=1S/C22H27BrN2O4/c1-3-4-14-29-20-11-10-16(23)15-18(20)22(27)25-19-9-6-5-8-17(19)21(26)24-12-7-13-28-2/h5-6,8-11,15H,3-4,7,12-14H2,1-2H3,(H,24,26)(H,25,27). The molecule has 0 aliphatic rings. The van der Waals surface area contributed by atoms with Crippen LogP contribution in [0.3, 0.4) is 0 Å². The molecule has 0 atom stereocenters. The van der Waals surface area contributed by atoms with Crippen molar-refractivity contribution in [2.75, 3.05) is 32.2 Å². The van der Waals surface area contributed by atoms with Gasteiger partial charge >= 0.3 is 0 Å². The van der Waals surface area contributed by atoms with Gasteiger partial charge in [-0.1, -0.05) is 41.4 Å². The first kappa shape index (κ1) is 22.9. The quantitative estimate of drug-likeness (QED) is 0.476. The fourth-order valence-corrected chi connectivity index (χ4v) is 2.99. The first-order chi connectivity index (χ1) is 14.1. The van der Waals surface area contributed by atoms with Gasteiger partial charge in [0.25, 0.3) is 11.8 Å². The third kappa shape index (κ3) is 7.18. The van der Waals surface area contributed by atoms with Gasteiger partial charge in [0.1, 0.15) is 5.75 Å². The molecule has 2 rings (SSSR count). The molecule has 0 heterocycles. The van der Waals surface area contributed by atoms with Crippen LogP contribution in [0.15, 0.2) is 46.9 Å². The Kier molecular flexibility index (Phi) is 9.67. The highest BCUT2D eigenvalue weighted by atomic mass is 79.9. The van der Waals surface area contributed by atoms with E-state index in [1.807, 2.05) is 6.07 Å². The summed E-state index contributed by atoms with van der Waals surface area (Å²) in [5.74, 6) is -0.0660. The maximum Gasteiger partial charge on any atom is 0.259 e. The van der Waals surface area contributed by atoms with E-state index in [0.717, 1.165) is 17.3 Å². The molecule has 2 amide bonds. The highest BCUT2D eigenvalue weighted by molar-refractivity contribution is 9.10. The number of hydrogen-bond donors (Lipinski definition) is 2. The van der Waals surface area contributed by atoms with Gasteiger partial charge in [-0.15, -0.1) is 0 Å². The number of para-hydroxylation sites is 1. The Morgan fingerprint density at radius 3 is 2.55 bits per heavy atom. The van der Waals surface area contributed by atoms with E-state index in [1.165, 1.54) is 0 Å². The van der Waals surface area contributed by atoms with Crippen LogP contribution in [-0.2, 0) is 4.74 Å². The molecule has 7 heteroatoms. The summed E-state index contributed by atoms with van der Waals surface area (Å²) in [6.45, 7) is 3.69. The summed E-state index contributed by atoms with van der Waals surface area (Å²) in [5.41, 5.74) is 1.26. The second-order valence-electron chi connectivity index (χ2n) is 6.44. The zero-order valence-electron chi connectivity index (χ0n) is 16.8. The minimum absolute atomic E-state index is 0.245. The van der Waals surface area contributed by atoms with E-state index in [9.17, 15) is 9.59 Å². The summed E-state index contributed by atoms with van der Waals surface area (Å²) in [6, 6.07) is 12.2. The molecule has 2 N–H and O–H groups in total. The number of methoxy groups -OCH3 is 1. The molecular formula is C22H27BrN2O4. The molecule has 0 aromatic heterocycles. The van der Waals surface area contributed by atoms with Gasteiger partial charge in [-0.2, -0.15) is 0 Å². The molecule has 29 heavy (non-hydrogen) atoms. The number of ether oxygens (including phenoxy) is 2. The molecule has 0 saturated carbocycles. The largest absolute Gasteiger partial charge is 0.493 e. The molecule has 0 spiro atoms. The fraction of sp³-hybridized carbons (Fsp3) is 0.364. The van der Waals surface area contributed by atoms with Crippen molar-refractivity contribution in [3.63, 3.8) is 0 Å². The van der Waals surface area contributed by atoms with Gasteiger partial charge in [0.05, 0.1) is 23.4 Å². The van der Waals surface area contributed by atoms with Crippen LogP contribution < -0.4 is 15.4 Å². The van der Waals surface area contributed by atoms with Crippen molar-refractivity contribution < 1.29 is 19.1 Å². The zero-order chi connectivity index (χ0) is 21.1. The van der Waals surface area contributed by atoms with Gasteiger partial charge in [0.2, 0.25) is 0 Å². The van der Waals surface area contributed by atoms with Gasteiger partial charge in [0, 0.05) is 24.7 Å². The van der Waals surface area contributed by atoms with Gasteiger partial charge in [-0.3, -0.25) is 9.59 Å². The lowest BCUT2D eigenvalue weighted by molar-refractivity contribution is 0.0949. The number of rotatable bonds is 11. The summed E-state index contributed by atoms with van der Waals surface area (Å²) >= 11 is 3.40. The van der Waals surface area contributed by atoms with Crippen LogP contribution in [0.4, 0.5) is 5.69 Å². The molecule has 0 aliphatic heterocycles. The Bertz CT molecular complexity index is 826. The predicted molar refractivity (Wildman–Crippen MR) is 118 cm³/mol. The van der Waals surface area contributed by atoms with E-state index in [0.29, 0.717) is 48.7 Å². The monoisotopic (exact) mass is 462 g/mol. The topological polar surface area (TPSA) is 76.7 Å². The van der Waals surface area contributed by atoms with Gasteiger partial charge < -0.3 is 20.1 Å². The van der Waals surface area contributed by atoms with Crippen molar-refractivity contribution in [3.8, 4) is 5.75 Å². The lowest BCUT2D eigenvalue weighted by Gasteiger charge is -2.14. The molecule has 156 valence electrons. The molecule has 0 saturated heterocycles. The lowest BCUT2D eigenvalue weighted by Crippen LogP contribution is -2.26. The van der Waals surface area contributed by atoms with E-state index in [-0.39, 0.29) is 11.8 Å². The van der Waals surface area contributed by atoms with E-state index in [4.69, 9.17) is 9.47 Å². The molecule has 0 fully saturated rings. The number of carbonyl (C=O) groups is 2. The van der Waals surface area contributed by atoms with Gasteiger partial charge in [-0.25, -0.2) is 0 Å². The van der Waals surface area contributed by atoms with E-state index in [1.54, 1.807) is 43.5 Å². The molecule has 6 nitrogen and oxygen atoms in total. The summed E-state index contributed by atoms with van der Waals surface area (Å²) in [7, 11) is 1.62. The molecule has 2 aromatic rings. The smallest absolute Gasteiger partial charge is 0.259 e. The van der Waals surface area contributed by atoms with Crippen molar-refractivity contribution in [2.24, 2.45) is 0 Å². The highest BCUT2D eigenvalue weighted by Crippen LogP contribution is 2.25. The maximum absolute atomic E-state index is 12.9. The predicted octanol–water partition coefficient (Wildman–Crippen LogP) is 4.65. The Morgan fingerprint density at radius 1 is 1.00 bits per heavy atom. The zero-order valence-corrected chi connectivity index (χ0v) is 18.4. The number of carbonyl (C=O) groups excluding carboxylic acids is 2. The molecule has 2 aromatic carbocycles. The Hall–Kier alpha value is -2.38. The summed E-state index contributed by atoms with van der Waals surface area (Å²) < 4.78 is 11.5. The van der Waals surface area contributed by atoms with Crippen LogP contribution in [0.1, 0.15) is 46.9 Å². The molecule has 0 aliphatic carbocycles. The maximum atomic E-state index is 12.9. The van der Waals surface area contributed by atoms with Gasteiger partial charge in [0.15, 0.2) is 0 Å². The van der Waals surface area contributed by atoms with Crippen LogP contribution in [-0.4, -0.2) is 38.7 Å². The molecular weight excluding hydrogens is 436 g/mol. The van der Waals surface area contributed by atoms with Crippen molar-refractivity contribution in [1.29, 1.82) is 0 Å². The number of halogens is 1. The number of nitrogens with one attached hydrogen (secondary N) is 2. The molecule has 0 radical (unpaired) electrons. The van der Waals surface area contributed by atoms with Crippen molar-refractivity contribution >= 4 is 33.4 Å². The SMILES string of the molecule is CCCCOc1ccc(Br)cc1C(=O)Nc1ccccc1C(=O)NCCCOC. The van der Waals surface area contributed by atoms with Crippen LogP contribution in [0.2, 0.25) is 0 Å². The third-order valence-electron chi connectivity index (χ3n) is 4.17. The second kappa shape index (κ2) is 12.2. The first-order valence-electron chi connectivity index (χ1n) is 9.66. The number of anilines is 1. The second-order valence-corrected chi connectivity index (χ2v) is 7.36. The van der Waals surface area contributed by atoms with Crippen molar-refractivity contribution in [3.05, 3.63) is 58.1 Å². The minimum atomic E-state index is -0.336. The average Bonchev–Trinajstić information content (AvgIpc) is 2.72. The number of hydrogen-bond acceptors (Lipinski definition) is 4. The third-order valence-corrected chi connectivity index (χ3v) is 4.67. The molecule has 0 bridgehead atoms. The fourth-order valence-electron chi connectivity index (χ4n) is 2.63. The van der Waals surface area contributed by atoms with Crippen LogP contribution in [0.5, 0.6) is 5.75 Å². The van der Waals surface area contributed by atoms with Crippen molar-refractivity contribution in [1.82, 2.24) is 5.32 Å². The normalized spacial score (nSPS) is 10.4. The van der Waals surface area contributed by atoms with Gasteiger partial charge in [-0.05, 0) is 43.2 Å². The van der Waals surface area contributed by atoms with E-state index in [2.05, 4.69) is 33.5 Å². The molecule has 0 unspecified atom stereocenters. The number of benzene rings is 2. The van der Waals surface area contributed by atoms with E-state index >= 15 is 0 Å². The Morgan fingerprint density at radius 2 is 1.79 bits per heavy atom. The summed E-state index contributed by atoms with van der Waals surface area (Å²) in [6.07, 6.45) is 2.63. The van der Waals surface area contributed by atoms with Crippen LogP contribution in [0, 0.1) is 0 Å². The summed E-state index contributed by atoms with van der Waals surface area (Å²) in [4.78, 5) is 25.4. The Labute approximate surface area is 180 Å². The Balaban J connectivity index is 2.15. The van der Waals surface area contributed by atoms with Crippen LogP contribution in [0.25, 0.3) is 0 Å². The first-order valence-corrected chi connectivity index (χ1v) is 10.5. The van der Waals surface area contributed by atoms with Crippen molar-refractivity contribution in [2.45, 2.75) is 26.2 Å². The lowest BCUT2D eigenvalue weighted by atomic mass is 10.1.